The SMILES string of the molecule is CCN(C)[C@H](C(=O)N[C@H](C)C(=O)N1CCOCC1)c1ccccc1. The molecule has 2 amide bonds. The Balaban J connectivity index is 2.05. The Morgan fingerprint density at radius 1 is 1.25 bits per heavy atom. The number of nitrogens with one attached hydrogen (secondary N) is 1. The fourth-order valence-corrected chi connectivity index (χ4v) is 2.84. The lowest BCUT2D eigenvalue weighted by atomic mass is 10.0. The molecule has 0 bridgehead atoms. The molecule has 0 aliphatic carbocycles. The highest BCUT2D eigenvalue weighted by atomic mass is 16.5. The van der Waals surface area contributed by atoms with Crippen LogP contribution in [0.3, 0.4) is 0 Å². The van der Waals surface area contributed by atoms with Crippen molar-refractivity contribution in [3.05, 3.63) is 35.9 Å². The van der Waals surface area contributed by atoms with Gasteiger partial charge in [0, 0.05) is 13.1 Å². The first kappa shape index (κ1) is 18.4. The van der Waals surface area contributed by atoms with Crippen LogP contribution >= 0.6 is 0 Å². The van der Waals surface area contributed by atoms with E-state index in [-0.39, 0.29) is 11.8 Å². The third kappa shape index (κ3) is 4.55. The van der Waals surface area contributed by atoms with Gasteiger partial charge in [-0.05, 0) is 26.1 Å². The van der Waals surface area contributed by atoms with E-state index in [1.165, 1.54) is 0 Å². The molecule has 6 nitrogen and oxygen atoms in total. The fraction of sp³-hybridized carbons (Fsp3) is 0.556. The number of likely N-dealkylation sites (N-methyl/N-ethyl adjacent to an activating group) is 1. The van der Waals surface area contributed by atoms with Crippen LogP contribution < -0.4 is 5.32 Å². The van der Waals surface area contributed by atoms with Crippen LogP contribution in [-0.2, 0) is 14.3 Å². The minimum Gasteiger partial charge on any atom is -0.378 e. The summed E-state index contributed by atoms with van der Waals surface area (Å²) in [5.74, 6) is -0.211. The van der Waals surface area contributed by atoms with Gasteiger partial charge in [-0.3, -0.25) is 14.5 Å². The second-order valence-electron chi connectivity index (χ2n) is 6.05. The molecule has 2 atom stereocenters. The van der Waals surface area contributed by atoms with E-state index in [9.17, 15) is 9.59 Å². The quantitative estimate of drug-likeness (QED) is 0.845. The van der Waals surface area contributed by atoms with E-state index in [0.29, 0.717) is 26.3 Å². The normalized spacial score (nSPS) is 17.4. The van der Waals surface area contributed by atoms with E-state index >= 15 is 0 Å². The summed E-state index contributed by atoms with van der Waals surface area (Å²) in [5, 5.41) is 2.88. The second kappa shape index (κ2) is 8.80. The van der Waals surface area contributed by atoms with Crippen molar-refractivity contribution in [2.24, 2.45) is 0 Å². The molecule has 1 aromatic rings. The zero-order valence-electron chi connectivity index (χ0n) is 14.7. The largest absolute Gasteiger partial charge is 0.378 e. The van der Waals surface area contributed by atoms with Gasteiger partial charge in [-0.25, -0.2) is 0 Å². The molecule has 24 heavy (non-hydrogen) atoms. The number of nitrogens with zero attached hydrogens (tertiary/aromatic N) is 2. The Morgan fingerprint density at radius 3 is 2.46 bits per heavy atom. The van der Waals surface area contributed by atoms with Crippen molar-refractivity contribution in [2.75, 3.05) is 39.9 Å². The molecule has 1 saturated heterocycles. The molecule has 1 aliphatic heterocycles. The zero-order valence-corrected chi connectivity index (χ0v) is 14.7. The maximum Gasteiger partial charge on any atom is 0.245 e. The summed E-state index contributed by atoms with van der Waals surface area (Å²) < 4.78 is 5.26. The molecule has 132 valence electrons. The minimum atomic E-state index is -0.549. The van der Waals surface area contributed by atoms with Gasteiger partial charge in [-0.2, -0.15) is 0 Å². The van der Waals surface area contributed by atoms with E-state index < -0.39 is 12.1 Å². The maximum atomic E-state index is 12.8. The van der Waals surface area contributed by atoms with E-state index in [0.717, 1.165) is 12.1 Å². The first-order chi connectivity index (χ1) is 11.5. The lowest BCUT2D eigenvalue weighted by molar-refractivity contribution is -0.140. The van der Waals surface area contributed by atoms with E-state index in [1.54, 1.807) is 11.8 Å². The summed E-state index contributed by atoms with van der Waals surface area (Å²) in [7, 11) is 1.91. The van der Waals surface area contributed by atoms with E-state index in [1.807, 2.05) is 49.2 Å². The topological polar surface area (TPSA) is 61.9 Å². The average molecular weight is 333 g/mol. The summed E-state index contributed by atoms with van der Waals surface area (Å²) in [6.45, 7) is 6.75. The van der Waals surface area contributed by atoms with Gasteiger partial charge in [0.25, 0.3) is 0 Å². The number of morpholine rings is 1. The van der Waals surface area contributed by atoms with Gasteiger partial charge in [0.2, 0.25) is 11.8 Å². The molecule has 1 aliphatic rings. The van der Waals surface area contributed by atoms with Gasteiger partial charge >= 0.3 is 0 Å². The Kier molecular flexibility index (Phi) is 6.75. The third-order valence-corrected chi connectivity index (χ3v) is 4.36. The molecular formula is C18H27N3O3. The molecule has 2 rings (SSSR count). The van der Waals surface area contributed by atoms with Crippen molar-refractivity contribution >= 4 is 11.8 Å². The Labute approximate surface area is 143 Å². The Morgan fingerprint density at radius 2 is 1.88 bits per heavy atom. The minimum absolute atomic E-state index is 0.0578. The fourth-order valence-electron chi connectivity index (χ4n) is 2.84. The van der Waals surface area contributed by atoms with Gasteiger partial charge < -0.3 is 15.0 Å². The molecule has 0 unspecified atom stereocenters. The maximum absolute atomic E-state index is 12.8. The molecule has 0 spiro atoms. The number of benzene rings is 1. The van der Waals surface area contributed by atoms with Gasteiger partial charge in [-0.1, -0.05) is 37.3 Å². The van der Waals surface area contributed by atoms with Crippen LogP contribution in [-0.4, -0.2) is 67.6 Å². The zero-order chi connectivity index (χ0) is 17.5. The molecule has 1 aromatic carbocycles. The lowest BCUT2D eigenvalue weighted by Crippen LogP contribution is -2.52. The highest BCUT2D eigenvalue weighted by Crippen LogP contribution is 2.19. The monoisotopic (exact) mass is 333 g/mol. The summed E-state index contributed by atoms with van der Waals surface area (Å²) in [4.78, 5) is 29.0. The van der Waals surface area contributed by atoms with Crippen molar-refractivity contribution in [2.45, 2.75) is 25.9 Å². The smallest absolute Gasteiger partial charge is 0.245 e. The first-order valence-corrected chi connectivity index (χ1v) is 8.46. The van der Waals surface area contributed by atoms with Crippen LogP contribution in [0.25, 0.3) is 0 Å². The summed E-state index contributed by atoms with van der Waals surface area (Å²) in [6, 6.07) is 8.68. The van der Waals surface area contributed by atoms with Crippen molar-refractivity contribution in [3.8, 4) is 0 Å². The molecule has 0 aromatic heterocycles. The Bertz CT molecular complexity index is 544. The first-order valence-electron chi connectivity index (χ1n) is 8.46. The predicted molar refractivity (Wildman–Crippen MR) is 92.5 cm³/mol. The molecule has 1 fully saturated rings. The number of carbonyl (C=O) groups excluding carboxylic acids is 2. The molecule has 0 saturated carbocycles. The van der Waals surface area contributed by atoms with Crippen molar-refractivity contribution in [3.63, 3.8) is 0 Å². The van der Waals surface area contributed by atoms with Crippen molar-refractivity contribution < 1.29 is 14.3 Å². The van der Waals surface area contributed by atoms with Crippen LogP contribution in [0.5, 0.6) is 0 Å². The number of amides is 2. The van der Waals surface area contributed by atoms with Crippen LogP contribution in [0.1, 0.15) is 25.5 Å². The predicted octanol–water partition coefficient (Wildman–Crippen LogP) is 1.04. The molecule has 6 heteroatoms. The standard InChI is InChI=1S/C18H27N3O3/c1-4-20(3)16(15-8-6-5-7-9-15)17(22)19-14(2)18(23)21-10-12-24-13-11-21/h5-9,14,16H,4,10-13H2,1-3H3,(H,19,22)/t14-,16+/m1/s1. The number of rotatable bonds is 6. The lowest BCUT2D eigenvalue weighted by Gasteiger charge is -2.31. The molecule has 1 N–H and O–H groups in total. The van der Waals surface area contributed by atoms with E-state index in [4.69, 9.17) is 4.74 Å². The Hall–Kier alpha value is -1.92. The summed E-state index contributed by atoms with van der Waals surface area (Å²) in [6.07, 6.45) is 0. The molecule has 1 heterocycles. The van der Waals surface area contributed by atoms with Crippen LogP contribution in [0.2, 0.25) is 0 Å². The van der Waals surface area contributed by atoms with Crippen LogP contribution in [0, 0.1) is 0 Å². The summed E-state index contributed by atoms with van der Waals surface area (Å²) >= 11 is 0. The van der Waals surface area contributed by atoms with Gasteiger partial charge in [-0.15, -0.1) is 0 Å². The third-order valence-electron chi connectivity index (χ3n) is 4.36. The number of ether oxygens (including phenoxy) is 1. The number of hydrogen-bond donors (Lipinski definition) is 1. The molecule has 0 radical (unpaired) electrons. The summed E-state index contributed by atoms with van der Waals surface area (Å²) in [5.41, 5.74) is 0.922. The van der Waals surface area contributed by atoms with Gasteiger partial charge in [0.15, 0.2) is 0 Å². The van der Waals surface area contributed by atoms with Crippen LogP contribution in [0.15, 0.2) is 30.3 Å². The highest BCUT2D eigenvalue weighted by Gasteiger charge is 2.29. The van der Waals surface area contributed by atoms with E-state index in [2.05, 4.69) is 5.32 Å². The molecular weight excluding hydrogens is 306 g/mol. The van der Waals surface area contributed by atoms with Gasteiger partial charge in [0.05, 0.1) is 13.2 Å². The number of hydrogen-bond acceptors (Lipinski definition) is 4. The van der Waals surface area contributed by atoms with Crippen LogP contribution in [0.4, 0.5) is 0 Å². The van der Waals surface area contributed by atoms with Crippen molar-refractivity contribution in [1.29, 1.82) is 0 Å². The second-order valence-corrected chi connectivity index (χ2v) is 6.05. The van der Waals surface area contributed by atoms with Crippen molar-refractivity contribution in [1.82, 2.24) is 15.1 Å². The van der Waals surface area contributed by atoms with Gasteiger partial charge in [0.1, 0.15) is 12.1 Å². The average Bonchev–Trinajstić information content (AvgIpc) is 2.62. The highest BCUT2D eigenvalue weighted by molar-refractivity contribution is 5.90. The number of carbonyl (C=O) groups is 2.